The van der Waals surface area contributed by atoms with Crippen molar-refractivity contribution in [2.75, 3.05) is 24.1 Å². The van der Waals surface area contributed by atoms with Crippen LogP contribution in [0.4, 0.5) is 24.8 Å². The lowest BCUT2D eigenvalue weighted by atomic mass is 10.0. The Morgan fingerprint density at radius 3 is 2.73 bits per heavy atom. The number of nitrogens with two attached hydrogens (primary N) is 1. The number of piperidine rings is 1. The van der Waals surface area contributed by atoms with Crippen molar-refractivity contribution >= 4 is 17.4 Å². The highest BCUT2D eigenvalue weighted by molar-refractivity contribution is 6.11. The van der Waals surface area contributed by atoms with Gasteiger partial charge in [0.1, 0.15) is 11.3 Å². The number of rotatable bonds is 4. The van der Waals surface area contributed by atoms with Crippen LogP contribution >= 0.6 is 0 Å². The third-order valence-corrected chi connectivity index (χ3v) is 4.14. The molecule has 4 N–H and O–H groups in total. The van der Waals surface area contributed by atoms with Gasteiger partial charge in [-0.15, -0.1) is 0 Å². The molecule has 138 valence electrons. The first-order chi connectivity index (χ1) is 12.4. The van der Waals surface area contributed by atoms with Gasteiger partial charge in [0, 0.05) is 30.0 Å². The minimum absolute atomic E-state index is 0.00904. The molecule has 1 atom stereocenters. The SMILES string of the molecule is Nc1ccccc1C(=O)c1nc(N[C@H]2CCCNC2)ncc1C(F)(F)F. The van der Waals surface area contributed by atoms with E-state index in [9.17, 15) is 18.0 Å². The molecule has 1 saturated heterocycles. The van der Waals surface area contributed by atoms with Gasteiger partial charge in [0.25, 0.3) is 0 Å². The van der Waals surface area contributed by atoms with Gasteiger partial charge in [-0.3, -0.25) is 4.79 Å². The molecular formula is C17H18F3N5O. The number of carbonyl (C=O) groups excluding carboxylic acids is 1. The van der Waals surface area contributed by atoms with Gasteiger partial charge in [-0.1, -0.05) is 12.1 Å². The molecule has 0 radical (unpaired) electrons. The molecule has 0 saturated carbocycles. The lowest BCUT2D eigenvalue weighted by molar-refractivity contribution is -0.138. The lowest BCUT2D eigenvalue weighted by Crippen LogP contribution is -2.39. The first kappa shape index (κ1) is 18.1. The number of carbonyl (C=O) groups is 1. The van der Waals surface area contributed by atoms with E-state index in [1.165, 1.54) is 18.2 Å². The van der Waals surface area contributed by atoms with Crippen molar-refractivity contribution in [1.82, 2.24) is 15.3 Å². The minimum Gasteiger partial charge on any atom is -0.398 e. The highest BCUT2D eigenvalue weighted by Crippen LogP contribution is 2.33. The highest BCUT2D eigenvalue weighted by atomic mass is 19.4. The standard InChI is InChI=1S/C17H18F3N5O/c18-17(19,20)12-9-23-16(24-10-4-3-7-22-8-10)25-14(12)15(26)11-5-1-2-6-13(11)21/h1-2,5-6,9-10,22H,3-4,7-8,21H2,(H,23,24,25)/t10-/m0/s1. The molecule has 0 aliphatic carbocycles. The third-order valence-electron chi connectivity index (χ3n) is 4.14. The monoisotopic (exact) mass is 365 g/mol. The van der Waals surface area contributed by atoms with Gasteiger partial charge >= 0.3 is 6.18 Å². The smallest absolute Gasteiger partial charge is 0.398 e. The molecule has 1 aromatic heterocycles. The molecule has 3 rings (SSSR count). The summed E-state index contributed by atoms with van der Waals surface area (Å²) in [7, 11) is 0. The number of hydrogen-bond acceptors (Lipinski definition) is 6. The van der Waals surface area contributed by atoms with E-state index < -0.39 is 23.2 Å². The van der Waals surface area contributed by atoms with Crippen LogP contribution < -0.4 is 16.4 Å². The van der Waals surface area contributed by atoms with Gasteiger partial charge in [0.2, 0.25) is 11.7 Å². The van der Waals surface area contributed by atoms with Crippen molar-refractivity contribution in [2.45, 2.75) is 25.1 Å². The summed E-state index contributed by atoms with van der Waals surface area (Å²) in [6, 6.07) is 5.95. The first-order valence-electron chi connectivity index (χ1n) is 8.17. The number of ketones is 1. The average molecular weight is 365 g/mol. The van der Waals surface area contributed by atoms with Crippen molar-refractivity contribution in [3.8, 4) is 0 Å². The Morgan fingerprint density at radius 2 is 2.08 bits per heavy atom. The Hall–Kier alpha value is -2.68. The number of nitrogens with one attached hydrogen (secondary N) is 2. The van der Waals surface area contributed by atoms with Crippen molar-refractivity contribution in [3.63, 3.8) is 0 Å². The maximum atomic E-state index is 13.3. The Labute approximate surface area is 148 Å². The normalized spacial score (nSPS) is 17.7. The Balaban J connectivity index is 1.98. The molecule has 1 aliphatic rings. The van der Waals surface area contributed by atoms with Crippen LogP contribution in [-0.4, -0.2) is 34.9 Å². The number of aromatic nitrogens is 2. The Morgan fingerprint density at radius 1 is 1.31 bits per heavy atom. The molecule has 1 aromatic carbocycles. The van der Waals surface area contributed by atoms with Gasteiger partial charge in [-0.25, -0.2) is 9.97 Å². The van der Waals surface area contributed by atoms with E-state index in [0.29, 0.717) is 12.7 Å². The van der Waals surface area contributed by atoms with Gasteiger partial charge in [-0.05, 0) is 31.5 Å². The third kappa shape index (κ3) is 3.93. The molecular weight excluding hydrogens is 347 g/mol. The summed E-state index contributed by atoms with van der Waals surface area (Å²) in [6.45, 7) is 1.54. The average Bonchev–Trinajstić information content (AvgIpc) is 2.61. The highest BCUT2D eigenvalue weighted by Gasteiger charge is 2.37. The van der Waals surface area contributed by atoms with E-state index in [1.807, 2.05) is 0 Å². The maximum absolute atomic E-state index is 13.3. The summed E-state index contributed by atoms with van der Waals surface area (Å²) in [4.78, 5) is 20.3. The Kier molecular flexibility index (Phi) is 5.08. The topological polar surface area (TPSA) is 92.9 Å². The molecule has 9 heteroatoms. The van der Waals surface area contributed by atoms with Gasteiger partial charge in [-0.2, -0.15) is 13.2 Å². The number of nitrogen functional groups attached to an aromatic ring is 1. The predicted molar refractivity (Wildman–Crippen MR) is 90.8 cm³/mol. The van der Waals surface area contributed by atoms with Crippen LogP contribution in [0.25, 0.3) is 0 Å². The second-order valence-corrected chi connectivity index (χ2v) is 6.06. The van der Waals surface area contributed by atoms with Crippen LogP contribution in [0, 0.1) is 0 Å². The minimum atomic E-state index is -4.75. The van der Waals surface area contributed by atoms with E-state index in [2.05, 4.69) is 20.6 Å². The zero-order valence-corrected chi connectivity index (χ0v) is 13.8. The van der Waals surface area contributed by atoms with Crippen LogP contribution in [0.2, 0.25) is 0 Å². The van der Waals surface area contributed by atoms with Crippen LogP contribution in [-0.2, 0) is 6.18 Å². The zero-order valence-electron chi connectivity index (χ0n) is 13.8. The van der Waals surface area contributed by atoms with E-state index in [1.54, 1.807) is 6.07 Å². The van der Waals surface area contributed by atoms with Crippen molar-refractivity contribution in [1.29, 1.82) is 0 Å². The number of alkyl halides is 3. The van der Waals surface area contributed by atoms with Gasteiger partial charge in [0.05, 0.1) is 0 Å². The van der Waals surface area contributed by atoms with E-state index in [0.717, 1.165) is 19.4 Å². The van der Waals surface area contributed by atoms with E-state index in [-0.39, 0.29) is 23.2 Å². The summed E-state index contributed by atoms with van der Waals surface area (Å²) in [5.74, 6) is -0.896. The molecule has 2 aromatic rings. The fraction of sp³-hybridized carbons (Fsp3) is 0.353. The second-order valence-electron chi connectivity index (χ2n) is 6.06. The first-order valence-corrected chi connectivity index (χ1v) is 8.17. The molecule has 6 nitrogen and oxygen atoms in total. The molecule has 1 aliphatic heterocycles. The molecule has 1 fully saturated rings. The summed E-state index contributed by atoms with van der Waals surface area (Å²) >= 11 is 0. The molecule has 26 heavy (non-hydrogen) atoms. The van der Waals surface area contributed by atoms with E-state index >= 15 is 0 Å². The van der Waals surface area contributed by atoms with Crippen LogP contribution in [0.15, 0.2) is 30.5 Å². The summed E-state index contributed by atoms with van der Waals surface area (Å²) in [5.41, 5.74) is 3.91. The van der Waals surface area contributed by atoms with Crippen LogP contribution in [0.1, 0.15) is 34.5 Å². The van der Waals surface area contributed by atoms with Crippen molar-refractivity contribution in [3.05, 3.63) is 47.3 Å². The molecule has 0 amide bonds. The molecule has 0 spiro atoms. The molecule has 0 unspecified atom stereocenters. The van der Waals surface area contributed by atoms with Crippen molar-refractivity contribution < 1.29 is 18.0 Å². The fourth-order valence-corrected chi connectivity index (χ4v) is 2.82. The zero-order chi connectivity index (χ0) is 18.7. The predicted octanol–water partition coefficient (Wildman–Crippen LogP) is 2.47. The lowest BCUT2D eigenvalue weighted by Gasteiger charge is -2.24. The quantitative estimate of drug-likeness (QED) is 0.569. The van der Waals surface area contributed by atoms with Gasteiger partial charge < -0.3 is 16.4 Å². The second kappa shape index (κ2) is 7.28. The largest absolute Gasteiger partial charge is 0.420 e. The van der Waals surface area contributed by atoms with Gasteiger partial charge in [0.15, 0.2) is 0 Å². The number of halogens is 3. The van der Waals surface area contributed by atoms with Crippen molar-refractivity contribution in [2.24, 2.45) is 0 Å². The number of anilines is 2. The number of benzene rings is 1. The number of nitrogens with zero attached hydrogens (tertiary/aromatic N) is 2. The number of hydrogen-bond donors (Lipinski definition) is 3. The summed E-state index contributed by atoms with van der Waals surface area (Å²) in [6.07, 6.45) is -2.34. The Bertz CT molecular complexity index is 803. The fourth-order valence-electron chi connectivity index (χ4n) is 2.82. The molecule has 2 heterocycles. The van der Waals surface area contributed by atoms with Crippen LogP contribution in [0.5, 0.6) is 0 Å². The van der Waals surface area contributed by atoms with E-state index in [4.69, 9.17) is 5.73 Å². The summed E-state index contributed by atoms with van der Waals surface area (Å²) in [5, 5.41) is 6.17. The van der Waals surface area contributed by atoms with Crippen LogP contribution in [0.3, 0.4) is 0 Å². The maximum Gasteiger partial charge on any atom is 0.420 e. The summed E-state index contributed by atoms with van der Waals surface area (Å²) < 4.78 is 40.0. The molecule has 0 bridgehead atoms. The number of para-hydroxylation sites is 1.